The third kappa shape index (κ3) is 5.46. The van der Waals surface area contributed by atoms with Gasteiger partial charge in [-0.15, -0.1) is 0 Å². The van der Waals surface area contributed by atoms with E-state index >= 15 is 0 Å². The first-order chi connectivity index (χ1) is 16.0. The first-order valence-corrected chi connectivity index (χ1v) is 10.9. The number of esters is 1. The highest BCUT2D eigenvalue weighted by atomic mass is 16.5. The maximum absolute atomic E-state index is 12.8. The molecule has 4 rings (SSSR count). The third-order valence-corrected chi connectivity index (χ3v) is 5.43. The Morgan fingerprint density at radius 2 is 1.82 bits per heavy atom. The van der Waals surface area contributed by atoms with Gasteiger partial charge in [-0.05, 0) is 43.3 Å². The summed E-state index contributed by atoms with van der Waals surface area (Å²) >= 11 is 0. The largest absolute Gasteiger partial charge is 0.462 e. The smallest absolute Gasteiger partial charge is 0.338 e. The Bertz CT molecular complexity index is 1030. The number of rotatable bonds is 5. The zero-order valence-corrected chi connectivity index (χ0v) is 18.4. The Morgan fingerprint density at radius 1 is 1.09 bits per heavy atom. The van der Waals surface area contributed by atoms with E-state index in [1.54, 1.807) is 37.4 Å². The molecule has 0 aliphatic carbocycles. The fourth-order valence-corrected chi connectivity index (χ4v) is 3.71. The van der Waals surface area contributed by atoms with Gasteiger partial charge in [-0.1, -0.05) is 6.07 Å². The minimum Gasteiger partial charge on any atom is -0.462 e. The first-order valence-electron chi connectivity index (χ1n) is 10.9. The lowest BCUT2D eigenvalue weighted by Crippen LogP contribution is -2.56. The molecule has 33 heavy (non-hydrogen) atoms. The van der Waals surface area contributed by atoms with Crippen LogP contribution in [0, 0.1) is 0 Å². The van der Waals surface area contributed by atoms with E-state index in [9.17, 15) is 14.4 Å². The van der Waals surface area contributed by atoms with Crippen LogP contribution in [-0.2, 0) is 14.3 Å². The van der Waals surface area contributed by atoms with Gasteiger partial charge in [0.25, 0.3) is 0 Å². The van der Waals surface area contributed by atoms with Gasteiger partial charge in [-0.3, -0.25) is 14.9 Å². The summed E-state index contributed by atoms with van der Waals surface area (Å²) in [7, 11) is 0. The molecule has 0 radical (unpaired) electrons. The van der Waals surface area contributed by atoms with Crippen LogP contribution in [0.1, 0.15) is 23.7 Å². The predicted molar refractivity (Wildman–Crippen MR) is 123 cm³/mol. The van der Waals surface area contributed by atoms with E-state index in [0.29, 0.717) is 36.9 Å². The normalized spacial score (nSPS) is 18.3. The molecule has 1 atom stereocenters. The molecular formula is C23H26N6O4. The molecule has 0 bridgehead atoms. The number of nitrogens with zero attached hydrogens (tertiary/aromatic N) is 4. The quantitative estimate of drug-likeness (QED) is 0.659. The molecule has 2 N–H and O–H groups in total. The minimum atomic E-state index is -0.827. The minimum absolute atomic E-state index is 0.0237. The average molecular weight is 450 g/mol. The summed E-state index contributed by atoms with van der Waals surface area (Å²) in [5, 5.41) is 5.56. The van der Waals surface area contributed by atoms with Crippen molar-refractivity contribution in [3.8, 4) is 0 Å². The molecular weight excluding hydrogens is 424 g/mol. The van der Waals surface area contributed by atoms with E-state index in [0.717, 1.165) is 18.9 Å². The number of benzene rings is 1. The highest BCUT2D eigenvalue weighted by Gasteiger charge is 2.30. The van der Waals surface area contributed by atoms with E-state index < -0.39 is 12.0 Å². The molecule has 2 aliphatic heterocycles. The van der Waals surface area contributed by atoms with Gasteiger partial charge >= 0.3 is 5.97 Å². The highest BCUT2D eigenvalue weighted by Crippen LogP contribution is 2.16. The number of aliphatic imine (C=N–C) groups is 1. The molecule has 2 aliphatic rings. The van der Waals surface area contributed by atoms with Crippen molar-refractivity contribution in [2.24, 2.45) is 4.99 Å². The van der Waals surface area contributed by atoms with Crippen LogP contribution in [0.5, 0.6) is 0 Å². The van der Waals surface area contributed by atoms with Crippen molar-refractivity contribution in [3.05, 3.63) is 54.2 Å². The monoisotopic (exact) mass is 450 g/mol. The lowest BCUT2D eigenvalue weighted by Gasteiger charge is -2.38. The van der Waals surface area contributed by atoms with Crippen LogP contribution in [0.2, 0.25) is 0 Å². The fraction of sp³-hybridized carbons (Fsp3) is 0.348. The number of anilines is 2. The zero-order chi connectivity index (χ0) is 23.2. The number of carbonyl (C=O) groups is 3. The van der Waals surface area contributed by atoms with Crippen molar-refractivity contribution >= 4 is 35.2 Å². The topological polar surface area (TPSA) is 116 Å². The number of aromatic nitrogens is 1. The second kappa shape index (κ2) is 10.1. The summed E-state index contributed by atoms with van der Waals surface area (Å²) in [6, 6.07) is 11.4. The Hall–Kier alpha value is -3.95. The number of guanidine groups is 1. The Labute approximate surface area is 191 Å². The molecule has 2 aromatic rings. The SMILES string of the molecule is CCOC(=O)c1ccc(NC(=O)[C@H]2CC(=O)NC(N3CCN(c4ccccn4)CC3)=N2)cc1. The molecule has 0 spiro atoms. The first kappa shape index (κ1) is 22.3. The van der Waals surface area contributed by atoms with Gasteiger partial charge in [0.05, 0.1) is 18.6 Å². The van der Waals surface area contributed by atoms with Gasteiger partial charge in [0.2, 0.25) is 17.8 Å². The second-order valence-electron chi connectivity index (χ2n) is 7.67. The maximum Gasteiger partial charge on any atom is 0.338 e. The fourth-order valence-electron chi connectivity index (χ4n) is 3.71. The Morgan fingerprint density at radius 3 is 2.48 bits per heavy atom. The summed E-state index contributed by atoms with van der Waals surface area (Å²) in [6.45, 7) is 4.80. The van der Waals surface area contributed by atoms with Crippen LogP contribution in [0.15, 0.2) is 53.7 Å². The number of hydrogen-bond acceptors (Lipinski definition) is 8. The molecule has 2 amide bonds. The van der Waals surface area contributed by atoms with Crippen LogP contribution in [0.3, 0.4) is 0 Å². The molecule has 172 valence electrons. The lowest BCUT2D eigenvalue weighted by atomic mass is 10.1. The third-order valence-electron chi connectivity index (χ3n) is 5.43. The number of hydrogen-bond donors (Lipinski definition) is 2. The molecule has 0 unspecified atom stereocenters. The molecule has 10 nitrogen and oxygen atoms in total. The van der Waals surface area contributed by atoms with Crippen LogP contribution in [0.25, 0.3) is 0 Å². The van der Waals surface area contributed by atoms with Crippen LogP contribution in [0.4, 0.5) is 11.5 Å². The van der Waals surface area contributed by atoms with Crippen molar-refractivity contribution in [1.29, 1.82) is 0 Å². The Balaban J connectivity index is 1.37. The summed E-state index contributed by atoms with van der Waals surface area (Å²) in [6.07, 6.45) is 1.74. The van der Waals surface area contributed by atoms with E-state index in [-0.39, 0.29) is 18.2 Å². The van der Waals surface area contributed by atoms with Crippen molar-refractivity contribution in [2.45, 2.75) is 19.4 Å². The van der Waals surface area contributed by atoms with E-state index in [1.807, 2.05) is 23.1 Å². The van der Waals surface area contributed by atoms with Gasteiger partial charge < -0.3 is 19.9 Å². The molecule has 1 fully saturated rings. The van der Waals surface area contributed by atoms with E-state index in [4.69, 9.17) is 4.74 Å². The molecule has 1 aromatic heterocycles. The van der Waals surface area contributed by atoms with Gasteiger partial charge in [0.1, 0.15) is 11.9 Å². The summed E-state index contributed by atoms with van der Waals surface area (Å²) in [4.78, 5) is 49.9. The Kier molecular flexibility index (Phi) is 6.82. The predicted octanol–water partition coefficient (Wildman–Crippen LogP) is 1.26. The van der Waals surface area contributed by atoms with Gasteiger partial charge in [0.15, 0.2) is 0 Å². The molecule has 1 saturated heterocycles. The summed E-state index contributed by atoms with van der Waals surface area (Å²) < 4.78 is 4.96. The van der Waals surface area contributed by atoms with Crippen molar-refractivity contribution in [2.75, 3.05) is 43.0 Å². The van der Waals surface area contributed by atoms with Crippen LogP contribution >= 0.6 is 0 Å². The molecule has 0 saturated carbocycles. The highest BCUT2D eigenvalue weighted by molar-refractivity contribution is 6.06. The van der Waals surface area contributed by atoms with Gasteiger partial charge in [0, 0.05) is 38.1 Å². The second-order valence-corrected chi connectivity index (χ2v) is 7.67. The number of piperazine rings is 1. The molecule has 1 aromatic carbocycles. The maximum atomic E-state index is 12.8. The van der Waals surface area contributed by atoms with Crippen LogP contribution < -0.4 is 15.5 Å². The molecule has 10 heteroatoms. The molecule has 3 heterocycles. The zero-order valence-electron chi connectivity index (χ0n) is 18.4. The summed E-state index contributed by atoms with van der Waals surface area (Å²) in [5.41, 5.74) is 0.914. The van der Waals surface area contributed by atoms with Crippen molar-refractivity contribution in [1.82, 2.24) is 15.2 Å². The van der Waals surface area contributed by atoms with E-state index in [1.165, 1.54) is 0 Å². The van der Waals surface area contributed by atoms with Gasteiger partial charge in [-0.25, -0.2) is 14.8 Å². The van der Waals surface area contributed by atoms with Crippen LogP contribution in [-0.4, -0.2) is 72.5 Å². The average Bonchev–Trinajstić information content (AvgIpc) is 2.85. The number of nitrogens with one attached hydrogen (secondary N) is 2. The van der Waals surface area contributed by atoms with Crippen molar-refractivity contribution < 1.29 is 19.1 Å². The lowest BCUT2D eigenvalue weighted by molar-refractivity contribution is -0.125. The van der Waals surface area contributed by atoms with Gasteiger partial charge in [-0.2, -0.15) is 0 Å². The van der Waals surface area contributed by atoms with Crippen molar-refractivity contribution in [3.63, 3.8) is 0 Å². The number of pyridine rings is 1. The number of amides is 2. The number of ether oxygens (including phenoxy) is 1. The van der Waals surface area contributed by atoms with E-state index in [2.05, 4.69) is 25.5 Å². The standard InChI is InChI=1S/C23H26N6O4/c1-2-33-22(32)16-6-8-17(9-7-16)25-21(31)18-15-20(30)27-23(26-18)29-13-11-28(12-14-29)19-5-3-4-10-24-19/h3-10,18H,2,11-15H2,1H3,(H,25,31)(H,26,27,30)/t18-/m1/s1. The number of carbonyl (C=O) groups excluding carboxylic acids is 3. The summed E-state index contributed by atoms with van der Waals surface area (Å²) in [5.74, 6) is 0.294.